The minimum atomic E-state index is -0.736. The highest BCUT2D eigenvalue weighted by Gasteiger charge is 2.30. The molecule has 0 atom stereocenters. The number of Topliss-reactive ketones (excluding diaryl/α,β-unsaturated/α-hetero) is 4. The number of phenolic OH excluding ortho intramolecular Hbond substituents is 3. The van der Waals surface area contributed by atoms with Gasteiger partial charge in [0.2, 0.25) is 11.5 Å². The Morgan fingerprint density at radius 2 is 0.645 bits per heavy atom. The SMILES string of the molecule is C.COc1cc(C(=O)CCCN2CCN(c3cccc(Cl)c3Cl)CC2)cc(C#N)c1OC.COc1cc(C(=O)CCCN2CCN(c3cccc(Cl)c3Cl)CC2)cc([N+](=O)[O-])c1O.COc1cc(C(=O)CCCN2CCN(c3cccc(Cl)c3Cl)CC2)cc([N+](=O)[O-])c1OC.N#Cc1cc(C(=O)CCCN2CCN(c3cccc(Cl)c3Cl)CC2)cc(O)c1O. The molecular formula is C88H98Cl8N12O16. The van der Waals surface area contributed by atoms with Gasteiger partial charge in [0, 0.05) is 165 Å². The van der Waals surface area contributed by atoms with Gasteiger partial charge in [0.25, 0.3) is 0 Å². The highest BCUT2D eigenvalue weighted by Crippen LogP contribution is 2.42. The van der Waals surface area contributed by atoms with E-state index in [-0.39, 0.29) is 88.6 Å². The summed E-state index contributed by atoms with van der Waals surface area (Å²) in [5.74, 6) is -1.29. The first-order chi connectivity index (χ1) is 59.0. The molecule has 0 saturated carbocycles. The number of aromatic hydroxyl groups is 3. The van der Waals surface area contributed by atoms with Gasteiger partial charge < -0.3 is 58.6 Å². The number of nitro groups is 2. The van der Waals surface area contributed by atoms with Crippen LogP contribution in [-0.2, 0) is 0 Å². The van der Waals surface area contributed by atoms with E-state index in [9.17, 15) is 60.0 Å². The molecule has 4 aliphatic heterocycles. The van der Waals surface area contributed by atoms with Crippen molar-refractivity contribution in [3.05, 3.63) is 215 Å². The van der Waals surface area contributed by atoms with E-state index in [2.05, 4.69) is 45.3 Å². The Balaban J connectivity index is 0.000000205. The molecule has 4 saturated heterocycles. The summed E-state index contributed by atoms with van der Waals surface area (Å²) >= 11 is 49.7. The number of ketones is 4. The monoisotopic (exact) mass is 1860 g/mol. The maximum absolute atomic E-state index is 12.7. The second-order valence-electron chi connectivity index (χ2n) is 28.9. The summed E-state index contributed by atoms with van der Waals surface area (Å²) < 4.78 is 25.7. The number of methoxy groups -OCH3 is 5. The van der Waals surface area contributed by atoms with Gasteiger partial charge in [-0.2, -0.15) is 10.5 Å². The predicted octanol–water partition coefficient (Wildman–Crippen LogP) is 18.5. The highest BCUT2D eigenvalue weighted by molar-refractivity contribution is 6.45. The van der Waals surface area contributed by atoms with Crippen LogP contribution in [0.2, 0.25) is 40.2 Å². The molecule has 0 bridgehead atoms. The minimum absolute atomic E-state index is 0. The number of anilines is 4. The average molecular weight is 1860 g/mol. The summed E-state index contributed by atoms with van der Waals surface area (Å²) in [6.45, 7) is 16.6. The smallest absolute Gasteiger partial charge is 0.315 e. The fourth-order valence-corrected chi connectivity index (χ4v) is 16.3. The summed E-state index contributed by atoms with van der Waals surface area (Å²) in [6, 6.07) is 37.2. The third kappa shape index (κ3) is 26.5. The van der Waals surface area contributed by atoms with Crippen LogP contribution in [0, 0.1) is 42.9 Å². The molecule has 8 aromatic carbocycles. The summed E-state index contributed by atoms with van der Waals surface area (Å²) in [5, 5.41) is 74.3. The first kappa shape index (κ1) is 99.4. The molecule has 4 aliphatic rings. The van der Waals surface area contributed by atoms with E-state index >= 15 is 0 Å². The average Bonchev–Trinajstić information content (AvgIpc) is 0.809. The molecule has 8 aromatic rings. The molecule has 28 nitrogen and oxygen atoms in total. The Kier molecular flexibility index (Phi) is 38.8. The van der Waals surface area contributed by atoms with Crippen LogP contribution in [0.15, 0.2) is 121 Å². The molecule has 662 valence electrons. The van der Waals surface area contributed by atoms with Crippen LogP contribution in [0.25, 0.3) is 0 Å². The lowest BCUT2D eigenvalue weighted by Gasteiger charge is -2.36. The van der Waals surface area contributed by atoms with E-state index in [1.54, 1.807) is 42.5 Å². The molecule has 0 spiro atoms. The van der Waals surface area contributed by atoms with E-state index in [1.807, 2.05) is 48.5 Å². The number of hydrogen-bond donors (Lipinski definition) is 3. The first-order valence-electron chi connectivity index (χ1n) is 39.4. The Morgan fingerprint density at radius 1 is 0.371 bits per heavy atom. The van der Waals surface area contributed by atoms with Crippen LogP contribution in [0.1, 0.15) is 111 Å². The van der Waals surface area contributed by atoms with Gasteiger partial charge in [-0.25, -0.2) is 0 Å². The number of benzene rings is 8. The van der Waals surface area contributed by atoms with Gasteiger partial charge in [-0.3, -0.25) is 59.0 Å². The molecule has 0 aromatic heterocycles. The quantitative estimate of drug-likeness (QED) is 0.0157. The van der Waals surface area contributed by atoms with E-state index in [1.165, 1.54) is 65.9 Å². The zero-order chi connectivity index (χ0) is 89.1. The maximum Gasteiger partial charge on any atom is 0.315 e. The number of carbonyl (C=O) groups is 4. The molecule has 0 radical (unpaired) electrons. The normalized spacial score (nSPS) is 14.3. The van der Waals surface area contributed by atoms with Gasteiger partial charge in [0.05, 0.1) is 119 Å². The van der Waals surface area contributed by atoms with Gasteiger partial charge in [0.15, 0.2) is 57.6 Å². The number of ether oxygens (including phenoxy) is 5. The summed E-state index contributed by atoms with van der Waals surface area (Å²) in [6.07, 6.45) is 3.91. The number of carbonyl (C=O) groups excluding carboxylic acids is 4. The molecule has 0 unspecified atom stereocenters. The van der Waals surface area contributed by atoms with Gasteiger partial charge >= 0.3 is 11.4 Å². The lowest BCUT2D eigenvalue weighted by Crippen LogP contribution is -2.46. The van der Waals surface area contributed by atoms with Gasteiger partial charge in [0.1, 0.15) is 12.1 Å². The Bertz CT molecular complexity index is 5170. The van der Waals surface area contributed by atoms with Crippen LogP contribution < -0.4 is 43.3 Å². The predicted molar refractivity (Wildman–Crippen MR) is 488 cm³/mol. The number of halogens is 8. The molecular weight excluding hydrogens is 1760 g/mol. The van der Waals surface area contributed by atoms with Gasteiger partial charge in [-0.05, 0) is 137 Å². The highest BCUT2D eigenvalue weighted by atomic mass is 35.5. The fourth-order valence-electron chi connectivity index (χ4n) is 14.6. The maximum atomic E-state index is 12.7. The van der Waals surface area contributed by atoms with Crippen LogP contribution in [0.4, 0.5) is 34.1 Å². The van der Waals surface area contributed by atoms with Crippen molar-refractivity contribution in [2.24, 2.45) is 0 Å². The third-order valence-corrected chi connectivity index (χ3v) is 24.6. The van der Waals surface area contributed by atoms with Crippen molar-refractivity contribution in [1.82, 2.24) is 19.6 Å². The summed E-state index contributed by atoms with van der Waals surface area (Å²) in [7, 11) is 6.95. The Morgan fingerprint density at radius 3 is 0.935 bits per heavy atom. The van der Waals surface area contributed by atoms with Crippen molar-refractivity contribution in [3.63, 3.8) is 0 Å². The molecule has 3 N–H and O–H groups in total. The second kappa shape index (κ2) is 48.5. The number of nitriles is 2. The fraction of sp³-hybridized carbons (Fsp3) is 0.386. The topological polar surface area (TPSA) is 335 Å². The number of nitro benzene ring substituents is 2. The standard InChI is InChI=1S/C23H25Cl2N3O3.C22H25Cl2N3O5.C21H23Cl2N3O5.C21H21Cl2N3O3.CH4/c1-30-21-14-16(13-17(15-26)23(21)31-2)20(29)7-4-8-27-9-11-28(12-10-27)19-6-3-5-18(24)22(19)25;1-31-20-14-15(13-18(27(29)30)22(20)32-2)19(28)7-4-8-25-9-11-26(12-10-25)17-6-3-5-16(23)21(17)24;1-31-19-13-14(12-17(21(19)28)26(29)30)18(27)6-3-7-24-8-10-25(11-9-24)16-5-2-4-15(22)20(16)23;22-16-3-1-4-17(20(16)23)26-9-7-25(8-10-26)6-2-5-18(27)14-11-15(13-24)21(29)19(28)12-14;/h3,5-6,13-14H,4,7-12H2,1-2H3;3,5-6,13-14H,4,7-12H2,1-2H3;2,4-5,12-13,28H,3,6-11H2,1H3;1,3-4,11-12,28-29H,2,5-10H2;1H4. The Hall–Kier alpha value is -10.0. The van der Waals surface area contributed by atoms with Crippen LogP contribution >= 0.6 is 92.8 Å². The molecule has 124 heavy (non-hydrogen) atoms. The van der Waals surface area contributed by atoms with Gasteiger partial charge in [-0.15, -0.1) is 0 Å². The number of hydrogen-bond acceptors (Lipinski definition) is 26. The van der Waals surface area contributed by atoms with Crippen molar-refractivity contribution in [3.8, 4) is 58.1 Å². The van der Waals surface area contributed by atoms with Crippen LogP contribution in [-0.4, -0.2) is 234 Å². The van der Waals surface area contributed by atoms with Crippen LogP contribution in [0.5, 0.6) is 46.0 Å². The molecule has 4 fully saturated rings. The van der Waals surface area contributed by atoms with Crippen molar-refractivity contribution < 1.29 is 68.0 Å². The van der Waals surface area contributed by atoms with Crippen molar-refractivity contribution >= 4 is 150 Å². The minimum Gasteiger partial charge on any atom is -0.504 e. The van der Waals surface area contributed by atoms with Crippen LogP contribution in [0.3, 0.4) is 0 Å². The zero-order valence-corrected chi connectivity index (χ0v) is 74.4. The summed E-state index contributed by atoms with van der Waals surface area (Å²) in [4.78, 5) is 89.4. The van der Waals surface area contributed by atoms with E-state index in [0.29, 0.717) is 94.9 Å². The summed E-state index contributed by atoms with van der Waals surface area (Å²) in [5.41, 5.74) is 4.22. The largest absolute Gasteiger partial charge is 0.504 e. The van der Waals surface area contributed by atoms with Gasteiger partial charge in [-0.1, -0.05) is 124 Å². The zero-order valence-electron chi connectivity index (χ0n) is 68.4. The number of nitrogens with zero attached hydrogens (tertiary/aromatic N) is 12. The van der Waals surface area contributed by atoms with E-state index in [4.69, 9.17) is 122 Å². The lowest BCUT2D eigenvalue weighted by molar-refractivity contribution is -0.386. The third-order valence-electron chi connectivity index (χ3n) is 21.3. The molecule has 0 aliphatic carbocycles. The number of rotatable bonds is 31. The Labute approximate surface area is 761 Å². The second-order valence-corrected chi connectivity index (χ2v) is 32.0. The van der Waals surface area contributed by atoms with E-state index < -0.39 is 32.8 Å². The molecule has 36 heteroatoms. The molecule has 0 amide bonds. The lowest BCUT2D eigenvalue weighted by atomic mass is 10.0. The van der Waals surface area contributed by atoms with Crippen molar-refractivity contribution in [2.45, 2.75) is 58.8 Å². The number of phenols is 3. The number of piperazine rings is 4. The molecule has 12 rings (SSSR count). The molecule has 4 heterocycles. The van der Waals surface area contributed by atoms with Crippen molar-refractivity contribution in [2.75, 3.05) is 186 Å². The first-order valence-corrected chi connectivity index (χ1v) is 42.4. The van der Waals surface area contributed by atoms with E-state index in [0.717, 1.165) is 166 Å². The van der Waals surface area contributed by atoms with Crippen molar-refractivity contribution in [1.29, 1.82) is 10.5 Å².